The number of carbonyl (C=O) groups excluding carboxylic acids is 2. The van der Waals surface area contributed by atoms with Gasteiger partial charge in [-0.3, -0.25) is 4.79 Å². The lowest BCUT2D eigenvalue weighted by Crippen LogP contribution is -2.49. The Hall–Kier alpha value is -4.01. The van der Waals surface area contributed by atoms with Crippen LogP contribution in [0.15, 0.2) is 70.4 Å². The van der Waals surface area contributed by atoms with Crippen molar-refractivity contribution < 1.29 is 18.5 Å². The number of para-hydroxylation sites is 1. The van der Waals surface area contributed by atoms with Gasteiger partial charge in [0.25, 0.3) is 5.91 Å². The Morgan fingerprint density at radius 1 is 1.13 bits per heavy atom. The minimum Gasteiger partial charge on any atom is -0.364 e. The SMILES string of the molecule is CN1C(=O)C(NC(=O)NCc2ccon2)N=C(c2ccccc2F)c2ccccc21. The number of aliphatic imine (C=N–C) groups is 1. The lowest BCUT2D eigenvalue weighted by atomic mass is 10.00. The van der Waals surface area contributed by atoms with Crippen molar-refractivity contribution >= 4 is 23.3 Å². The van der Waals surface area contributed by atoms with E-state index < -0.39 is 23.9 Å². The summed E-state index contributed by atoms with van der Waals surface area (Å²) >= 11 is 0. The van der Waals surface area contributed by atoms with Crippen molar-refractivity contribution in [1.82, 2.24) is 15.8 Å². The topological polar surface area (TPSA) is 99.8 Å². The fourth-order valence-corrected chi connectivity index (χ4v) is 3.16. The molecule has 2 N–H and O–H groups in total. The molecule has 8 nitrogen and oxygen atoms in total. The smallest absolute Gasteiger partial charge is 0.317 e. The number of halogens is 1. The van der Waals surface area contributed by atoms with E-state index in [4.69, 9.17) is 4.52 Å². The predicted molar refractivity (Wildman–Crippen MR) is 108 cm³/mol. The van der Waals surface area contributed by atoms with Crippen LogP contribution in [-0.4, -0.2) is 36.0 Å². The van der Waals surface area contributed by atoms with Crippen LogP contribution in [-0.2, 0) is 11.3 Å². The zero-order valence-corrected chi connectivity index (χ0v) is 16.0. The largest absolute Gasteiger partial charge is 0.364 e. The number of carbonyl (C=O) groups is 2. The van der Waals surface area contributed by atoms with Gasteiger partial charge in [0.1, 0.15) is 17.8 Å². The van der Waals surface area contributed by atoms with Crippen molar-refractivity contribution in [2.24, 2.45) is 4.99 Å². The molecule has 0 bridgehead atoms. The molecule has 0 radical (unpaired) electrons. The standard InChI is InChI=1S/C21H18FN5O3/c1-27-17-9-5-3-7-15(17)18(14-6-2-4-8-16(14)22)24-19(20(27)28)25-21(29)23-12-13-10-11-30-26-13/h2-11,19H,12H2,1H3,(H2,23,25,29). The molecule has 1 atom stereocenters. The van der Waals surface area contributed by atoms with E-state index in [0.717, 1.165) is 0 Å². The van der Waals surface area contributed by atoms with E-state index in [0.29, 0.717) is 16.9 Å². The molecule has 2 aromatic carbocycles. The first-order valence-electron chi connectivity index (χ1n) is 9.18. The highest BCUT2D eigenvalue weighted by atomic mass is 19.1. The Kier molecular flexibility index (Phi) is 5.25. The summed E-state index contributed by atoms with van der Waals surface area (Å²) in [5.41, 5.74) is 2.20. The minimum absolute atomic E-state index is 0.114. The molecule has 0 spiro atoms. The summed E-state index contributed by atoms with van der Waals surface area (Å²) in [6.45, 7) is 0.114. The zero-order chi connectivity index (χ0) is 21.1. The number of aromatic nitrogens is 1. The predicted octanol–water partition coefficient (Wildman–Crippen LogP) is 2.45. The van der Waals surface area contributed by atoms with Crippen LogP contribution in [0.2, 0.25) is 0 Å². The first kappa shape index (κ1) is 19.3. The molecule has 0 aliphatic carbocycles. The van der Waals surface area contributed by atoms with Crippen molar-refractivity contribution in [2.45, 2.75) is 12.7 Å². The molecule has 3 amide bonds. The van der Waals surface area contributed by atoms with Gasteiger partial charge in [0, 0.05) is 24.2 Å². The molecule has 9 heteroatoms. The molecule has 1 aliphatic rings. The van der Waals surface area contributed by atoms with Crippen molar-refractivity contribution in [1.29, 1.82) is 0 Å². The van der Waals surface area contributed by atoms with Crippen molar-refractivity contribution in [3.8, 4) is 0 Å². The van der Waals surface area contributed by atoms with Gasteiger partial charge in [-0.15, -0.1) is 0 Å². The summed E-state index contributed by atoms with van der Waals surface area (Å²) in [6, 6.07) is 14.2. The molecule has 30 heavy (non-hydrogen) atoms. The molecule has 2 heterocycles. The van der Waals surface area contributed by atoms with Gasteiger partial charge in [-0.1, -0.05) is 35.5 Å². The van der Waals surface area contributed by atoms with E-state index in [-0.39, 0.29) is 17.8 Å². The Morgan fingerprint density at radius 3 is 2.60 bits per heavy atom. The van der Waals surface area contributed by atoms with Gasteiger partial charge >= 0.3 is 6.03 Å². The molecule has 0 fully saturated rings. The number of benzodiazepines with no additional fused rings is 1. The van der Waals surface area contributed by atoms with Crippen molar-refractivity contribution in [2.75, 3.05) is 11.9 Å². The van der Waals surface area contributed by atoms with Crippen LogP contribution < -0.4 is 15.5 Å². The van der Waals surface area contributed by atoms with Gasteiger partial charge in [-0.2, -0.15) is 0 Å². The Labute approximate surface area is 171 Å². The number of anilines is 1. The number of fused-ring (bicyclic) bond motifs is 1. The molecular formula is C21H18FN5O3. The number of nitrogens with zero attached hydrogens (tertiary/aromatic N) is 3. The number of urea groups is 1. The highest BCUT2D eigenvalue weighted by Crippen LogP contribution is 2.27. The number of likely N-dealkylation sites (N-methyl/N-ethyl adjacent to an activating group) is 1. The van der Waals surface area contributed by atoms with Crippen molar-refractivity contribution in [3.05, 3.63) is 83.5 Å². The van der Waals surface area contributed by atoms with Crippen molar-refractivity contribution in [3.63, 3.8) is 0 Å². The quantitative estimate of drug-likeness (QED) is 0.694. The maximum absolute atomic E-state index is 14.6. The maximum atomic E-state index is 14.6. The Bertz CT molecular complexity index is 1110. The van der Waals surface area contributed by atoms with Crippen LogP contribution >= 0.6 is 0 Å². The second-order valence-electron chi connectivity index (χ2n) is 6.59. The summed E-state index contributed by atoms with van der Waals surface area (Å²) in [4.78, 5) is 31.2. The molecule has 152 valence electrons. The minimum atomic E-state index is -1.24. The molecule has 0 saturated heterocycles. The number of benzene rings is 2. The van der Waals surface area contributed by atoms with Gasteiger partial charge in [-0.25, -0.2) is 14.2 Å². The summed E-state index contributed by atoms with van der Waals surface area (Å²) in [7, 11) is 1.59. The summed E-state index contributed by atoms with van der Waals surface area (Å²) in [5.74, 6) is -0.928. The molecule has 1 aromatic heterocycles. The van der Waals surface area contributed by atoms with Crippen LogP contribution in [0.5, 0.6) is 0 Å². The second kappa shape index (κ2) is 8.16. The van der Waals surface area contributed by atoms with Crippen LogP contribution in [0.4, 0.5) is 14.9 Å². The lowest BCUT2D eigenvalue weighted by Gasteiger charge is -2.20. The molecule has 3 aromatic rings. The van der Waals surface area contributed by atoms with Gasteiger partial charge in [0.15, 0.2) is 0 Å². The van der Waals surface area contributed by atoms with E-state index in [9.17, 15) is 14.0 Å². The monoisotopic (exact) mass is 407 g/mol. The van der Waals surface area contributed by atoms with E-state index >= 15 is 0 Å². The number of amides is 3. The van der Waals surface area contributed by atoms with E-state index in [1.807, 2.05) is 0 Å². The first-order valence-corrected chi connectivity index (χ1v) is 9.18. The number of rotatable bonds is 4. The third-order valence-electron chi connectivity index (χ3n) is 4.66. The van der Waals surface area contributed by atoms with Crippen LogP contribution in [0, 0.1) is 5.82 Å². The Balaban J connectivity index is 1.68. The number of nitrogens with one attached hydrogen (secondary N) is 2. The number of hydrogen-bond acceptors (Lipinski definition) is 5. The average molecular weight is 407 g/mol. The fourth-order valence-electron chi connectivity index (χ4n) is 3.16. The lowest BCUT2D eigenvalue weighted by molar-refractivity contribution is -0.119. The summed E-state index contributed by atoms with van der Waals surface area (Å²) < 4.78 is 19.3. The highest BCUT2D eigenvalue weighted by Gasteiger charge is 2.31. The molecular weight excluding hydrogens is 389 g/mol. The van der Waals surface area contributed by atoms with Crippen LogP contribution in [0.25, 0.3) is 0 Å². The van der Waals surface area contributed by atoms with E-state index in [2.05, 4.69) is 20.8 Å². The van der Waals surface area contributed by atoms with Crippen LogP contribution in [0.3, 0.4) is 0 Å². The molecule has 0 saturated carbocycles. The third kappa shape index (κ3) is 3.77. The molecule has 4 rings (SSSR count). The number of hydrogen-bond donors (Lipinski definition) is 2. The molecule has 1 unspecified atom stereocenters. The van der Waals surface area contributed by atoms with Gasteiger partial charge in [0.2, 0.25) is 6.17 Å². The van der Waals surface area contributed by atoms with Gasteiger partial charge in [0.05, 0.1) is 17.9 Å². The summed E-state index contributed by atoms with van der Waals surface area (Å²) in [5, 5.41) is 8.84. The fraction of sp³-hybridized carbons (Fsp3) is 0.143. The second-order valence-corrected chi connectivity index (χ2v) is 6.59. The first-order chi connectivity index (χ1) is 14.5. The van der Waals surface area contributed by atoms with E-state index in [1.165, 1.54) is 17.2 Å². The normalized spacial score (nSPS) is 15.8. The highest BCUT2D eigenvalue weighted by molar-refractivity contribution is 6.20. The molecule has 1 aliphatic heterocycles. The maximum Gasteiger partial charge on any atom is 0.317 e. The third-order valence-corrected chi connectivity index (χ3v) is 4.66. The average Bonchev–Trinajstić information content (AvgIpc) is 3.25. The van der Waals surface area contributed by atoms with Gasteiger partial charge < -0.3 is 20.1 Å². The van der Waals surface area contributed by atoms with Crippen LogP contribution in [0.1, 0.15) is 16.8 Å². The van der Waals surface area contributed by atoms with E-state index in [1.54, 1.807) is 55.6 Å². The zero-order valence-electron chi connectivity index (χ0n) is 16.0. The summed E-state index contributed by atoms with van der Waals surface area (Å²) in [6.07, 6.45) is 0.148. The van der Waals surface area contributed by atoms with Gasteiger partial charge in [-0.05, 0) is 18.2 Å². The Morgan fingerprint density at radius 2 is 1.87 bits per heavy atom.